The van der Waals surface area contributed by atoms with Crippen LogP contribution in [-0.4, -0.2) is 11.0 Å². The van der Waals surface area contributed by atoms with E-state index in [1.807, 2.05) is 6.92 Å². The van der Waals surface area contributed by atoms with Crippen molar-refractivity contribution in [3.63, 3.8) is 0 Å². The zero-order valence-corrected chi connectivity index (χ0v) is 11.9. The molecule has 1 atom stereocenters. The summed E-state index contributed by atoms with van der Waals surface area (Å²) in [6, 6.07) is 3.84. The molecule has 0 aliphatic heterocycles. The second-order valence-corrected chi connectivity index (χ2v) is 5.99. The van der Waals surface area contributed by atoms with Crippen LogP contribution in [0.1, 0.15) is 17.5 Å². The van der Waals surface area contributed by atoms with Gasteiger partial charge in [-0.05, 0) is 25.5 Å². The average molecular weight is 303 g/mol. The van der Waals surface area contributed by atoms with Crippen LogP contribution < -0.4 is 5.32 Å². The number of hydrogen-bond donors (Lipinski definition) is 1. The highest BCUT2D eigenvalue weighted by atomic mass is 35.5. The van der Waals surface area contributed by atoms with Crippen molar-refractivity contribution in [2.24, 2.45) is 0 Å². The van der Waals surface area contributed by atoms with Gasteiger partial charge in [-0.3, -0.25) is 0 Å². The predicted octanol–water partition coefficient (Wildman–Crippen LogP) is 3.80. The fraction of sp³-hybridized carbons (Fsp3) is 0.308. The van der Waals surface area contributed by atoms with Gasteiger partial charge < -0.3 is 5.32 Å². The molecule has 0 amide bonds. The molecule has 0 fully saturated rings. The van der Waals surface area contributed by atoms with Gasteiger partial charge >= 0.3 is 0 Å². The lowest BCUT2D eigenvalue weighted by Gasteiger charge is -2.13. The van der Waals surface area contributed by atoms with Gasteiger partial charge in [-0.25, -0.2) is 13.8 Å². The van der Waals surface area contributed by atoms with Crippen LogP contribution in [0.3, 0.4) is 0 Å². The highest BCUT2D eigenvalue weighted by Gasteiger charge is 2.12. The van der Waals surface area contributed by atoms with E-state index in [9.17, 15) is 8.78 Å². The van der Waals surface area contributed by atoms with Crippen LogP contribution in [-0.2, 0) is 13.0 Å². The minimum atomic E-state index is -0.508. The zero-order valence-electron chi connectivity index (χ0n) is 10.3. The number of benzene rings is 1. The van der Waals surface area contributed by atoms with Crippen molar-refractivity contribution < 1.29 is 8.78 Å². The number of aromatic nitrogens is 1. The molecule has 1 aromatic carbocycles. The first-order valence-electron chi connectivity index (χ1n) is 5.82. The third-order valence-corrected chi connectivity index (χ3v) is 3.81. The van der Waals surface area contributed by atoms with Crippen LogP contribution in [0.2, 0.25) is 4.34 Å². The Morgan fingerprint density at radius 2 is 2.05 bits per heavy atom. The smallest absolute Gasteiger partial charge is 0.129 e. The summed E-state index contributed by atoms with van der Waals surface area (Å²) in [5.41, 5.74) is 0.111. The van der Waals surface area contributed by atoms with Gasteiger partial charge in [-0.15, -0.1) is 11.3 Å². The van der Waals surface area contributed by atoms with Crippen LogP contribution in [0.5, 0.6) is 0 Å². The fourth-order valence-corrected chi connectivity index (χ4v) is 2.64. The maximum Gasteiger partial charge on any atom is 0.129 e. The lowest BCUT2D eigenvalue weighted by Crippen LogP contribution is -2.28. The molecule has 1 unspecified atom stereocenters. The summed E-state index contributed by atoms with van der Waals surface area (Å²) >= 11 is 7.16. The maximum atomic E-state index is 13.5. The molecule has 0 spiro atoms. The molecule has 0 aliphatic carbocycles. The van der Waals surface area contributed by atoms with Crippen molar-refractivity contribution >= 4 is 22.9 Å². The highest BCUT2D eigenvalue weighted by molar-refractivity contribution is 7.15. The van der Waals surface area contributed by atoms with E-state index >= 15 is 0 Å². The first-order valence-corrected chi connectivity index (χ1v) is 7.02. The Bertz CT molecular complexity index is 539. The van der Waals surface area contributed by atoms with E-state index in [0.29, 0.717) is 10.9 Å². The second-order valence-electron chi connectivity index (χ2n) is 4.24. The molecule has 0 saturated heterocycles. The quantitative estimate of drug-likeness (QED) is 0.909. The molecule has 1 heterocycles. The lowest BCUT2D eigenvalue weighted by molar-refractivity contribution is 0.499. The van der Waals surface area contributed by atoms with Gasteiger partial charge in [-0.2, -0.15) is 0 Å². The molecule has 1 N–H and O–H groups in total. The van der Waals surface area contributed by atoms with Gasteiger partial charge in [0.05, 0.1) is 6.20 Å². The van der Waals surface area contributed by atoms with Gasteiger partial charge in [0.15, 0.2) is 0 Å². The van der Waals surface area contributed by atoms with E-state index in [1.54, 1.807) is 6.20 Å². The van der Waals surface area contributed by atoms with E-state index in [-0.39, 0.29) is 18.0 Å². The Morgan fingerprint density at radius 1 is 1.37 bits per heavy atom. The van der Waals surface area contributed by atoms with Crippen molar-refractivity contribution in [2.75, 3.05) is 0 Å². The molecule has 0 saturated carbocycles. The summed E-state index contributed by atoms with van der Waals surface area (Å²) in [7, 11) is 0. The minimum absolute atomic E-state index is 0.0610. The second kappa shape index (κ2) is 6.41. The third kappa shape index (κ3) is 3.96. The molecule has 6 heteroatoms. The Balaban J connectivity index is 1.92. The van der Waals surface area contributed by atoms with Gasteiger partial charge in [0.1, 0.15) is 21.0 Å². The van der Waals surface area contributed by atoms with Gasteiger partial charge in [0, 0.05) is 18.2 Å². The first kappa shape index (κ1) is 14.4. The lowest BCUT2D eigenvalue weighted by atomic mass is 10.1. The summed E-state index contributed by atoms with van der Waals surface area (Å²) in [5.74, 6) is -1.02. The predicted molar refractivity (Wildman–Crippen MR) is 73.5 cm³/mol. The molecule has 0 bridgehead atoms. The Kier molecular flexibility index (Phi) is 4.85. The van der Waals surface area contributed by atoms with Crippen LogP contribution >= 0.6 is 22.9 Å². The van der Waals surface area contributed by atoms with Crippen LogP contribution in [0, 0.1) is 11.6 Å². The molecule has 2 rings (SSSR count). The molecular weight excluding hydrogens is 290 g/mol. The molecular formula is C13H13ClF2N2S. The van der Waals surface area contributed by atoms with Gasteiger partial charge in [0.2, 0.25) is 0 Å². The number of nitrogens with zero attached hydrogens (tertiary/aromatic N) is 1. The third-order valence-electron chi connectivity index (χ3n) is 2.70. The largest absolute Gasteiger partial charge is 0.308 e. The zero-order chi connectivity index (χ0) is 13.8. The van der Waals surface area contributed by atoms with Crippen molar-refractivity contribution in [3.8, 4) is 0 Å². The Labute approximate surface area is 119 Å². The summed E-state index contributed by atoms with van der Waals surface area (Å²) in [6.07, 6.45) is 1.88. The van der Waals surface area contributed by atoms with Gasteiger partial charge in [-0.1, -0.05) is 17.7 Å². The van der Waals surface area contributed by atoms with Crippen molar-refractivity contribution in [1.29, 1.82) is 0 Å². The first-order chi connectivity index (χ1) is 9.06. The normalized spacial score (nSPS) is 12.6. The molecule has 102 valence electrons. The van der Waals surface area contributed by atoms with E-state index in [2.05, 4.69) is 10.3 Å². The summed E-state index contributed by atoms with van der Waals surface area (Å²) in [5, 5.41) is 4.02. The molecule has 19 heavy (non-hydrogen) atoms. The van der Waals surface area contributed by atoms with E-state index in [4.69, 9.17) is 11.6 Å². The summed E-state index contributed by atoms with van der Waals surface area (Å²) < 4.78 is 27.6. The fourth-order valence-electron chi connectivity index (χ4n) is 1.74. The minimum Gasteiger partial charge on any atom is -0.308 e. The van der Waals surface area contributed by atoms with Crippen molar-refractivity contribution in [3.05, 3.63) is 50.9 Å². The Hall–Kier alpha value is -1.04. The van der Waals surface area contributed by atoms with Crippen LogP contribution in [0.15, 0.2) is 24.4 Å². The highest BCUT2D eigenvalue weighted by Crippen LogP contribution is 2.18. The molecule has 2 nitrogen and oxygen atoms in total. The number of rotatable bonds is 5. The standard InChI is InChI=1S/C13H13ClF2N2S/c1-8(17-7-13-18-6-12(14)19-13)5-9-10(15)3-2-4-11(9)16/h2-4,6,8,17H,5,7H2,1H3. The molecule has 0 radical (unpaired) electrons. The van der Waals surface area contributed by atoms with Crippen molar-refractivity contribution in [2.45, 2.75) is 25.9 Å². The topological polar surface area (TPSA) is 24.9 Å². The summed E-state index contributed by atoms with van der Waals surface area (Å²) in [6.45, 7) is 2.41. The monoisotopic (exact) mass is 302 g/mol. The molecule has 0 aliphatic rings. The van der Waals surface area contributed by atoms with E-state index in [1.165, 1.54) is 29.5 Å². The van der Waals surface area contributed by atoms with E-state index in [0.717, 1.165) is 5.01 Å². The number of hydrogen-bond acceptors (Lipinski definition) is 3. The number of halogens is 3. The van der Waals surface area contributed by atoms with Gasteiger partial charge in [0.25, 0.3) is 0 Å². The summed E-state index contributed by atoms with van der Waals surface area (Å²) in [4.78, 5) is 4.11. The SMILES string of the molecule is CC(Cc1c(F)cccc1F)NCc1ncc(Cl)s1. The Morgan fingerprint density at radius 3 is 2.63 bits per heavy atom. The van der Waals surface area contributed by atoms with Crippen molar-refractivity contribution in [1.82, 2.24) is 10.3 Å². The van der Waals surface area contributed by atoms with Crippen LogP contribution in [0.25, 0.3) is 0 Å². The van der Waals surface area contributed by atoms with Crippen LogP contribution in [0.4, 0.5) is 8.78 Å². The van der Waals surface area contributed by atoms with E-state index < -0.39 is 11.6 Å². The molecule has 2 aromatic rings. The number of nitrogens with one attached hydrogen (secondary N) is 1. The molecule has 1 aromatic heterocycles. The average Bonchev–Trinajstić information content (AvgIpc) is 2.77. The maximum absolute atomic E-state index is 13.5. The number of thiazole rings is 1.